The lowest BCUT2D eigenvalue weighted by Gasteiger charge is -2.32. The molecular formula is C19H20FNO3. The highest BCUT2D eigenvalue weighted by Gasteiger charge is 2.20. The first kappa shape index (κ1) is 16.5. The van der Waals surface area contributed by atoms with Gasteiger partial charge in [0.1, 0.15) is 17.7 Å². The van der Waals surface area contributed by atoms with Crippen LogP contribution in [-0.2, 0) is 6.54 Å². The second kappa shape index (κ2) is 7.45. The summed E-state index contributed by atoms with van der Waals surface area (Å²) in [5.74, 6) is -0.453. The third kappa shape index (κ3) is 4.32. The Morgan fingerprint density at radius 3 is 2.29 bits per heavy atom. The van der Waals surface area contributed by atoms with Gasteiger partial charge in [0.15, 0.2) is 0 Å². The van der Waals surface area contributed by atoms with Gasteiger partial charge in [0.25, 0.3) is 0 Å². The van der Waals surface area contributed by atoms with Crippen molar-refractivity contribution in [1.29, 1.82) is 0 Å². The van der Waals surface area contributed by atoms with Crippen LogP contribution in [0.25, 0.3) is 0 Å². The second-order valence-electron chi connectivity index (χ2n) is 6.05. The lowest BCUT2D eigenvalue weighted by atomic mass is 10.1. The summed E-state index contributed by atoms with van der Waals surface area (Å²) < 4.78 is 18.8. The van der Waals surface area contributed by atoms with Crippen molar-refractivity contribution in [2.45, 2.75) is 25.5 Å². The molecule has 2 aromatic rings. The molecule has 1 N–H and O–H groups in total. The molecule has 2 aromatic carbocycles. The van der Waals surface area contributed by atoms with Crippen molar-refractivity contribution >= 4 is 5.97 Å². The normalized spacial score (nSPS) is 16.0. The zero-order valence-corrected chi connectivity index (χ0v) is 13.3. The fourth-order valence-electron chi connectivity index (χ4n) is 2.90. The van der Waals surface area contributed by atoms with Crippen LogP contribution in [0.1, 0.15) is 28.8 Å². The molecule has 0 saturated carbocycles. The molecule has 0 spiro atoms. The Hall–Kier alpha value is -2.40. The van der Waals surface area contributed by atoms with Gasteiger partial charge in [-0.3, -0.25) is 4.90 Å². The Morgan fingerprint density at radius 2 is 1.71 bits per heavy atom. The van der Waals surface area contributed by atoms with E-state index in [1.54, 1.807) is 24.3 Å². The Bertz CT molecular complexity index is 677. The molecule has 5 heteroatoms. The number of piperidine rings is 1. The van der Waals surface area contributed by atoms with E-state index in [2.05, 4.69) is 4.90 Å². The van der Waals surface area contributed by atoms with Gasteiger partial charge in [-0.25, -0.2) is 9.18 Å². The molecule has 0 amide bonds. The van der Waals surface area contributed by atoms with Gasteiger partial charge in [-0.05, 0) is 54.8 Å². The van der Waals surface area contributed by atoms with Gasteiger partial charge in [0, 0.05) is 19.6 Å². The molecule has 0 unspecified atom stereocenters. The van der Waals surface area contributed by atoms with Crippen LogP contribution in [0.15, 0.2) is 48.5 Å². The van der Waals surface area contributed by atoms with Gasteiger partial charge in [-0.1, -0.05) is 12.1 Å². The van der Waals surface area contributed by atoms with Gasteiger partial charge >= 0.3 is 5.97 Å². The highest BCUT2D eigenvalue weighted by Crippen LogP contribution is 2.20. The number of benzene rings is 2. The standard InChI is InChI=1S/C19H20FNO3/c20-16-5-7-17(8-6-16)24-18-9-11-21(12-10-18)13-14-1-3-15(4-2-14)19(22)23/h1-8,18H,9-13H2,(H,22,23). The molecule has 1 saturated heterocycles. The van der Waals surface area contributed by atoms with Crippen molar-refractivity contribution < 1.29 is 19.0 Å². The zero-order valence-electron chi connectivity index (χ0n) is 13.3. The Labute approximate surface area is 140 Å². The van der Waals surface area contributed by atoms with E-state index < -0.39 is 5.97 Å². The summed E-state index contributed by atoms with van der Waals surface area (Å²) in [6.07, 6.45) is 2.00. The Kier molecular flexibility index (Phi) is 5.11. The van der Waals surface area contributed by atoms with Crippen LogP contribution >= 0.6 is 0 Å². The van der Waals surface area contributed by atoms with E-state index >= 15 is 0 Å². The third-order valence-electron chi connectivity index (χ3n) is 4.26. The fraction of sp³-hybridized carbons (Fsp3) is 0.316. The Morgan fingerprint density at radius 1 is 1.08 bits per heavy atom. The number of carboxylic acid groups (broad SMARTS) is 1. The molecular weight excluding hydrogens is 309 g/mol. The third-order valence-corrected chi connectivity index (χ3v) is 4.26. The lowest BCUT2D eigenvalue weighted by molar-refractivity contribution is 0.0696. The average molecular weight is 329 g/mol. The number of carboxylic acids is 1. The first-order valence-corrected chi connectivity index (χ1v) is 8.07. The van der Waals surface area contributed by atoms with Crippen LogP contribution in [0.3, 0.4) is 0 Å². The molecule has 4 nitrogen and oxygen atoms in total. The van der Waals surface area contributed by atoms with Crippen molar-refractivity contribution in [2.75, 3.05) is 13.1 Å². The highest BCUT2D eigenvalue weighted by molar-refractivity contribution is 5.87. The number of carbonyl (C=O) groups is 1. The molecule has 3 rings (SSSR count). The first-order chi connectivity index (χ1) is 11.6. The second-order valence-corrected chi connectivity index (χ2v) is 6.05. The van der Waals surface area contributed by atoms with Gasteiger partial charge in [0.2, 0.25) is 0 Å². The van der Waals surface area contributed by atoms with Gasteiger partial charge in [0.05, 0.1) is 5.56 Å². The molecule has 1 fully saturated rings. The number of likely N-dealkylation sites (tertiary alicyclic amines) is 1. The summed E-state index contributed by atoms with van der Waals surface area (Å²) in [6.45, 7) is 2.66. The topological polar surface area (TPSA) is 49.8 Å². The molecule has 126 valence electrons. The first-order valence-electron chi connectivity index (χ1n) is 8.07. The summed E-state index contributed by atoms with van der Waals surface area (Å²) in [4.78, 5) is 13.2. The molecule has 24 heavy (non-hydrogen) atoms. The molecule has 0 bridgehead atoms. The molecule has 1 aliphatic heterocycles. The fourth-order valence-corrected chi connectivity index (χ4v) is 2.90. The van der Waals surface area contributed by atoms with Crippen LogP contribution in [-0.4, -0.2) is 35.2 Å². The van der Waals surface area contributed by atoms with Crippen molar-refractivity contribution in [1.82, 2.24) is 4.90 Å². The SMILES string of the molecule is O=C(O)c1ccc(CN2CCC(Oc3ccc(F)cc3)CC2)cc1. The van der Waals surface area contributed by atoms with Crippen molar-refractivity contribution in [3.63, 3.8) is 0 Å². The number of halogens is 1. The monoisotopic (exact) mass is 329 g/mol. The van der Waals surface area contributed by atoms with Crippen LogP contribution in [0.2, 0.25) is 0 Å². The van der Waals surface area contributed by atoms with Crippen molar-refractivity contribution in [3.05, 3.63) is 65.5 Å². The average Bonchev–Trinajstić information content (AvgIpc) is 2.59. The number of ether oxygens (including phenoxy) is 1. The van der Waals surface area contributed by atoms with E-state index in [0.717, 1.165) is 38.0 Å². The van der Waals surface area contributed by atoms with E-state index in [1.165, 1.54) is 12.1 Å². The Balaban J connectivity index is 1.48. The van der Waals surface area contributed by atoms with E-state index in [-0.39, 0.29) is 11.9 Å². The smallest absolute Gasteiger partial charge is 0.335 e. The summed E-state index contributed by atoms with van der Waals surface area (Å²) >= 11 is 0. The van der Waals surface area contributed by atoms with Gasteiger partial charge < -0.3 is 9.84 Å². The summed E-state index contributed by atoms with van der Waals surface area (Å²) in [6, 6.07) is 13.1. The van der Waals surface area contributed by atoms with Crippen molar-refractivity contribution in [2.24, 2.45) is 0 Å². The number of hydrogen-bond donors (Lipinski definition) is 1. The number of nitrogens with zero attached hydrogens (tertiary/aromatic N) is 1. The minimum Gasteiger partial charge on any atom is -0.490 e. The minimum absolute atomic E-state index is 0.154. The predicted octanol–water partition coefficient (Wildman–Crippen LogP) is 3.57. The summed E-state index contributed by atoms with van der Waals surface area (Å²) in [5, 5.41) is 8.92. The van der Waals surface area contributed by atoms with E-state index in [4.69, 9.17) is 9.84 Å². The van der Waals surface area contributed by atoms with Crippen LogP contribution in [0.4, 0.5) is 4.39 Å². The number of hydrogen-bond acceptors (Lipinski definition) is 3. The number of aromatic carboxylic acids is 1. The van der Waals surface area contributed by atoms with Crippen LogP contribution in [0.5, 0.6) is 5.75 Å². The maximum Gasteiger partial charge on any atom is 0.335 e. The molecule has 0 aliphatic carbocycles. The molecule has 1 heterocycles. The summed E-state index contributed by atoms with van der Waals surface area (Å²) in [5.41, 5.74) is 1.42. The van der Waals surface area contributed by atoms with Crippen LogP contribution < -0.4 is 4.74 Å². The zero-order chi connectivity index (χ0) is 16.9. The summed E-state index contributed by atoms with van der Waals surface area (Å²) in [7, 11) is 0. The molecule has 0 aromatic heterocycles. The van der Waals surface area contributed by atoms with Gasteiger partial charge in [-0.2, -0.15) is 0 Å². The number of rotatable bonds is 5. The van der Waals surface area contributed by atoms with Crippen molar-refractivity contribution in [3.8, 4) is 5.75 Å². The molecule has 1 aliphatic rings. The van der Waals surface area contributed by atoms with E-state index in [9.17, 15) is 9.18 Å². The van der Waals surface area contributed by atoms with Gasteiger partial charge in [-0.15, -0.1) is 0 Å². The lowest BCUT2D eigenvalue weighted by Crippen LogP contribution is -2.37. The molecule has 0 radical (unpaired) electrons. The minimum atomic E-state index is -0.902. The highest BCUT2D eigenvalue weighted by atomic mass is 19.1. The predicted molar refractivity (Wildman–Crippen MR) is 88.7 cm³/mol. The largest absolute Gasteiger partial charge is 0.490 e. The van der Waals surface area contributed by atoms with E-state index in [0.29, 0.717) is 11.3 Å². The van der Waals surface area contributed by atoms with E-state index in [1.807, 2.05) is 12.1 Å². The molecule has 0 atom stereocenters. The quantitative estimate of drug-likeness (QED) is 0.911. The maximum absolute atomic E-state index is 12.9. The maximum atomic E-state index is 12.9. The van der Waals surface area contributed by atoms with Crippen LogP contribution in [0, 0.1) is 5.82 Å².